The van der Waals surface area contributed by atoms with Crippen molar-refractivity contribution in [3.8, 4) is 11.4 Å². The van der Waals surface area contributed by atoms with Crippen molar-refractivity contribution in [1.29, 1.82) is 0 Å². The van der Waals surface area contributed by atoms with Crippen molar-refractivity contribution in [2.75, 3.05) is 0 Å². The molecule has 0 amide bonds. The Hall–Kier alpha value is -0.940. The van der Waals surface area contributed by atoms with Crippen molar-refractivity contribution >= 4 is 27.5 Å². The van der Waals surface area contributed by atoms with Gasteiger partial charge in [0.1, 0.15) is 5.82 Å². The second-order valence-electron chi connectivity index (χ2n) is 3.23. The minimum Gasteiger partial charge on any atom is -0.313 e. The number of alkyl halides is 1. The van der Waals surface area contributed by atoms with Crippen LogP contribution in [0, 0.1) is 5.82 Å². The van der Waals surface area contributed by atoms with Gasteiger partial charge < -0.3 is 4.57 Å². The summed E-state index contributed by atoms with van der Waals surface area (Å²) < 4.78 is 15.5. The van der Waals surface area contributed by atoms with E-state index in [-0.39, 0.29) is 5.02 Å². The standard InChI is InChI=1S/C10H8BrClFN3/c1-16-8(5-11)14-15-10(16)6-3-2-4-7(12)9(6)13/h2-4H,5H2,1H3. The van der Waals surface area contributed by atoms with Crippen LogP contribution in [0.4, 0.5) is 4.39 Å². The lowest BCUT2D eigenvalue weighted by Crippen LogP contribution is -1.98. The van der Waals surface area contributed by atoms with E-state index in [1.54, 1.807) is 23.7 Å². The Kier molecular flexibility index (Phi) is 3.25. The number of halogens is 3. The number of hydrogen-bond acceptors (Lipinski definition) is 2. The van der Waals surface area contributed by atoms with E-state index in [1.807, 2.05) is 0 Å². The van der Waals surface area contributed by atoms with Gasteiger partial charge in [0.15, 0.2) is 11.6 Å². The molecule has 2 aromatic rings. The monoisotopic (exact) mass is 303 g/mol. The van der Waals surface area contributed by atoms with Gasteiger partial charge in [-0.05, 0) is 12.1 Å². The Balaban J connectivity index is 2.59. The molecule has 16 heavy (non-hydrogen) atoms. The van der Waals surface area contributed by atoms with Crippen molar-refractivity contribution in [2.24, 2.45) is 7.05 Å². The van der Waals surface area contributed by atoms with Gasteiger partial charge in [0.05, 0.1) is 15.9 Å². The van der Waals surface area contributed by atoms with Crippen LogP contribution in [-0.2, 0) is 12.4 Å². The Labute approximate surface area is 105 Å². The lowest BCUT2D eigenvalue weighted by atomic mass is 10.2. The minimum atomic E-state index is -0.471. The zero-order chi connectivity index (χ0) is 11.7. The Bertz CT molecular complexity index is 527. The SMILES string of the molecule is Cn1c(CBr)nnc1-c1cccc(Cl)c1F. The fourth-order valence-electron chi connectivity index (χ4n) is 1.39. The summed E-state index contributed by atoms with van der Waals surface area (Å²) in [4.78, 5) is 0. The van der Waals surface area contributed by atoms with Gasteiger partial charge in [0, 0.05) is 7.05 Å². The number of aromatic nitrogens is 3. The minimum absolute atomic E-state index is 0.0842. The number of nitrogens with zero attached hydrogens (tertiary/aromatic N) is 3. The van der Waals surface area contributed by atoms with Gasteiger partial charge in [-0.1, -0.05) is 33.6 Å². The molecule has 0 saturated carbocycles. The maximum atomic E-state index is 13.8. The molecule has 1 aromatic heterocycles. The first-order chi connectivity index (χ1) is 7.65. The summed E-state index contributed by atoms with van der Waals surface area (Å²) in [6.07, 6.45) is 0. The highest BCUT2D eigenvalue weighted by atomic mass is 79.9. The summed E-state index contributed by atoms with van der Waals surface area (Å²) in [6, 6.07) is 4.81. The summed E-state index contributed by atoms with van der Waals surface area (Å²) in [7, 11) is 1.78. The molecule has 0 fully saturated rings. The van der Waals surface area contributed by atoms with Gasteiger partial charge in [-0.3, -0.25) is 0 Å². The molecule has 1 heterocycles. The van der Waals surface area contributed by atoms with Crippen LogP contribution in [-0.4, -0.2) is 14.8 Å². The molecule has 6 heteroatoms. The van der Waals surface area contributed by atoms with Crippen molar-refractivity contribution in [3.05, 3.63) is 34.9 Å². The maximum absolute atomic E-state index is 13.8. The van der Waals surface area contributed by atoms with Gasteiger partial charge in [-0.2, -0.15) is 0 Å². The van der Waals surface area contributed by atoms with Crippen LogP contribution in [0.2, 0.25) is 5.02 Å². The summed E-state index contributed by atoms with van der Waals surface area (Å²) >= 11 is 9.00. The molecule has 0 aliphatic heterocycles. The smallest absolute Gasteiger partial charge is 0.166 e. The Morgan fingerprint density at radius 3 is 2.81 bits per heavy atom. The largest absolute Gasteiger partial charge is 0.313 e. The zero-order valence-electron chi connectivity index (χ0n) is 8.41. The molecular weight excluding hydrogens is 296 g/mol. The van der Waals surface area contributed by atoms with Gasteiger partial charge in [0.25, 0.3) is 0 Å². The third-order valence-electron chi connectivity index (χ3n) is 2.28. The van der Waals surface area contributed by atoms with Crippen LogP contribution in [0.5, 0.6) is 0 Å². The first kappa shape index (κ1) is 11.5. The average Bonchev–Trinajstić information content (AvgIpc) is 2.64. The Morgan fingerprint density at radius 1 is 1.44 bits per heavy atom. The van der Waals surface area contributed by atoms with Crippen molar-refractivity contribution in [3.63, 3.8) is 0 Å². The Morgan fingerprint density at radius 2 is 2.19 bits per heavy atom. The highest BCUT2D eigenvalue weighted by molar-refractivity contribution is 9.08. The fraction of sp³-hybridized carbons (Fsp3) is 0.200. The molecule has 0 N–H and O–H groups in total. The third-order valence-corrected chi connectivity index (χ3v) is 3.07. The molecule has 0 radical (unpaired) electrons. The topological polar surface area (TPSA) is 30.7 Å². The molecule has 0 aliphatic rings. The number of benzene rings is 1. The molecular formula is C10H8BrClFN3. The lowest BCUT2D eigenvalue weighted by Gasteiger charge is -2.04. The summed E-state index contributed by atoms with van der Waals surface area (Å²) in [6.45, 7) is 0. The summed E-state index contributed by atoms with van der Waals surface area (Å²) in [5.74, 6) is 0.726. The quantitative estimate of drug-likeness (QED) is 0.798. The molecule has 0 atom stereocenters. The van der Waals surface area contributed by atoms with Gasteiger partial charge in [-0.15, -0.1) is 10.2 Å². The number of rotatable bonds is 2. The number of hydrogen-bond donors (Lipinski definition) is 0. The van der Waals surface area contributed by atoms with E-state index < -0.39 is 5.82 Å². The molecule has 0 bridgehead atoms. The van der Waals surface area contributed by atoms with Crippen LogP contribution in [0.15, 0.2) is 18.2 Å². The van der Waals surface area contributed by atoms with Gasteiger partial charge >= 0.3 is 0 Å². The van der Waals surface area contributed by atoms with Crippen LogP contribution >= 0.6 is 27.5 Å². The average molecular weight is 305 g/mol. The molecule has 0 saturated heterocycles. The zero-order valence-corrected chi connectivity index (χ0v) is 10.8. The van der Waals surface area contributed by atoms with Gasteiger partial charge in [0.2, 0.25) is 0 Å². The van der Waals surface area contributed by atoms with Crippen molar-refractivity contribution < 1.29 is 4.39 Å². The van der Waals surface area contributed by atoms with Crippen molar-refractivity contribution in [1.82, 2.24) is 14.8 Å². The van der Waals surface area contributed by atoms with Gasteiger partial charge in [-0.25, -0.2) is 4.39 Å². The van der Waals surface area contributed by atoms with Crippen LogP contribution in [0.25, 0.3) is 11.4 Å². The fourth-order valence-corrected chi connectivity index (χ4v) is 2.05. The first-order valence-corrected chi connectivity index (χ1v) is 6.03. The predicted molar refractivity (Wildman–Crippen MR) is 64.0 cm³/mol. The molecule has 84 valence electrons. The van der Waals surface area contributed by atoms with Crippen LogP contribution < -0.4 is 0 Å². The van der Waals surface area contributed by atoms with Crippen LogP contribution in [0.3, 0.4) is 0 Å². The second kappa shape index (κ2) is 4.51. The molecule has 3 nitrogen and oxygen atoms in total. The highest BCUT2D eigenvalue weighted by Crippen LogP contribution is 2.26. The highest BCUT2D eigenvalue weighted by Gasteiger charge is 2.15. The predicted octanol–water partition coefficient (Wildman–Crippen LogP) is 3.17. The van der Waals surface area contributed by atoms with E-state index in [1.165, 1.54) is 6.07 Å². The molecule has 1 aromatic carbocycles. The molecule has 2 rings (SSSR count). The van der Waals surface area contributed by atoms with E-state index in [9.17, 15) is 4.39 Å². The molecule has 0 unspecified atom stereocenters. The molecule has 0 aliphatic carbocycles. The normalized spacial score (nSPS) is 10.8. The van der Waals surface area contributed by atoms with E-state index in [4.69, 9.17) is 11.6 Å². The van der Waals surface area contributed by atoms with Crippen molar-refractivity contribution in [2.45, 2.75) is 5.33 Å². The van der Waals surface area contributed by atoms with E-state index in [0.29, 0.717) is 16.7 Å². The maximum Gasteiger partial charge on any atom is 0.166 e. The van der Waals surface area contributed by atoms with Crippen LogP contribution in [0.1, 0.15) is 5.82 Å². The molecule has 0 spiro atoms. The van der Waals surface area contributed by atoms with E-state index >= 15 is 0 Å². The van der Waals surface area contributed by atoms with E-state index in [2.05, 4.69) is 26.1 Å². The lowest BCUT2D eigenvalue weighted by molar-refractivity contribution is 0.629. The first-order valence-electron chi connectivity index (χ1n) is 4.53. The second-order valence-corrected chi connectivity index (χ2v) is 4.20. The summed E-state index contributed by atoms with van der Waals surface area (Å²) in [5.41, 5.74) is 0.356. The van der Waals surface area contributed by atoms with E-state index in [0.717, 1.165) is 5.82 Å². The third kappa shape index (κ3) is 1.85. The summed E-state index contributed by atoms with van der Waals surface area (Å²) in [5, 5.41) is 8.53.